The number of ether oxygens (including phenoxy) is 1. The highest BCUT2D eigenvalue weighted by atomic mass is 16.5. The molecule has 0 amide bonds. The summed E-state index contributed by atoms with van der Waals surface area (Å²) in [5.41, 5.74) is 0.812. The molecule has 4 N–H and O–H groups in total. The summed E-state index contributed by atoms with van der Waals surface area (Å²) in [5.74, 6) is 4.85. The maximum atomic E-state index is 13.5. The first-order chi connectivity index (χ1) is 26.0. The van der Waals surface area contributed by atoms with Crippen LogP contribution in [0.2, 0.25) is 0 Å². The summed E-state index contributed by atoms with van der Waals surface area (Å²) in [6, 6.07) is 0. The number of carboxylic acids is 1. The molecule has 0 aliphatic heterocycles. The fourth-order valence-electron chi connectivity index (χ4n) is 17.8. The van der Waals surface area contributed by atoms with Crippen molar-refractivity contribution in [3.63, 3.8) is 0 Å². The van der Waals surface area contributed by atoms with Crippen LogP contribution in [0.15, 0.2) is 0 Å². The van der Waals surface area contributed by atoms with Crippen molar-refractivity contribution in [1.29, 1.82) is 0 Å². The average molecular weight is 767 g/mol. The van der Waals surface area contributed by atoms with Crippen molar-refractivity contribution < 1.29 is 34.8 Å². The van der Waals surface area contributed by atoms with Gasteiger partial charge in [0, 0.05) is 12.8 Å². The van der Waals surface area contributed by atoms with Gasteiger partial charge in [-0.2, -0.15) is 0 Å². The lowest BCUT2D eigenvalue weighted by molar-refractivity contribution is -0.183. The minimum absolute atomic E-state index is 0.0401. The van der Waals surface area contributed by atoms with Crippen molar-refractivity contribution in [2.45, 2.75) is 194 Å². The Balaban J connectivity index is 0.845. The van der Waals surface area contributed by atoms with E-state index in [2.05, 4.69) is 41.5 Å². The van der Waals surface area contributed by atoms with Crippen molar-refractivity contribution in [3.8, 4) is 0 Å². The zero-order valence-electron chi connectivity index (χ0n) is 35.4. The predicted octanol–water partition coefficient (Wildman–Crippen LogP) is 9.44. The van der Waals surface area contributed by atoms with Gasteiger partial charge < -0.3 is 25.2 Å². The van der Waals surface area contributed by atoms with Gasteiger partial charge in [-0.15, -0.1) is 0 Å². The molecule has 8 fully saturated rings. The Morgan fingerprint density at radius 2 is 1.04 bits per heavy atom. The number of carbonyl (C=O) groups excluding carboxylic acids is 1. The molecule has 20 atom stereocenters. The highest BCUT2D eigenvalue weighted by molar-refractivity contribution is 5.69. The van der Waals surface area contributed by atoms with Crippen LogP contribution < -0.4 is 0 Å². The zero-order chi connectivity index (χ0) is 39.2. The third kappa shape index (κ3) is 6.69. The Morgan fingerprint density at radius 3 is 1.56 bits per heavy atom. The molecule has 7 nitrogen and oxygen atoms in total. The van der Waals surface area contributed by atoms with E-state index < -0.39 is 5.97 Å². The van der Waals surface area contributed by atoms with E-state index >= 15 is 0 Å². The van der Waals surface area contributed by atoms with Gasteiger partial charge in [-0.3, -0.25) is 9.59 Å². The lowest BCUT2D eigenvalue weighted by Gasteiger charge is -2.62. The molecule has 55 heavy (non-hydrogen) atoms. The summed E-state index contributed by atoms with van der Waals surface area (Å²) in [6.45, 7) is 14.6. The number of aliphatic carboxylic acids is 1. The molecule has 0 spiro atoms. The topological polar surface area (TPSA) is 124 Å². The van der Waals surface area contributed by atoms with Crippen LogP contribution in [0, 0.1) is 92.7 Å². The number of aliphatic hydroxyl groups is 3. The first kappa shape index (κ1) is 40.6. The number of hydrogen-bond donors (Lipinski definition) is 4. The second-order valence-electron chi connectivity index (χ2n) is 22.8. The van der Waals surface area contributed by atoms with E-state index in [4.69, 9.17) is 4.74 Å². The van der Waals surface area contributed by atoms with Gasteiger partial charge in [0.2, 0.25) is 0 Å². The van der Waals surface area contributed by atoms with Crippen molar-refractivity contribution >= 4 is 11.9 Å². The van der Waals surface area contributed by atoms with Crippen molar-refractivity contribution in [1.82, 2.24) is 0 Å². The summed E-state index contributed by atoms with van der Waals surface area (Å²) in [7, 11) is 0. The van der Waals surface area contributed by atoms with Crippen LogP contribution in [-0.4, -0.2) is 56.8 Å². The Kier molecular flexibility index (Phi) is 10.9. The molecule has 8 saturated carbocycles. The second kappa shape index (κ2) is 14.8. The summed E-state index contributed by atoms with van der Waals surface area (Å²) in [4.78, 5) is 24.9. The summed E-state index contributed by atoms with van der Waals surface area (Å²) in [6.07, 6.45) is 18.4. The van der Waals surface area contributed by atoms with Crippen LogP contribution in [0.4, 0.5) is 0 Å². The molecule has 0 heterocycles. The van der Waals surface area contributed by atoms with Crippen LogP contribution in [0.5, 0.6) is 0 Å². The van der Waals surface area contributed by atoms with E-state index in [1.165, 1.54) is 32.1 Å². The van der Waals surface area contributed by atoms with Crippen molar-refractivity contribution in [3.05, 3.63) is 0 Å². The maximum absolute atomic E-state index is 13.5. The molecule has 8 unspecified atom stereocenters. The molecule has 8 rings (SSSR count). The number of hydrogen-bond acceptors (Lipinski definition) is 6. The molecular formula is C48H78O7. The van der Waals surface area contributed by atoms with Gasteiger partial charge >= 0.3 is 11.9 Å². The summed E-state index contributed by atoms with van der Waals surface area (Å²) >= 11 is 0. The highest BCUT2D eigenvalue weighted by Gasteiger charge is 2.65. The minimum Gasteiger partial charge on any atom is -0.481 e. The number of esters is 1. The molecular weight excluding hydrogens is 689 g/mol. The SMILES string of the molecule is C[C@H](CCC(=O)O[C@@H]1CC[C@@]2(C)C(C1)C[C@@H](O)C1C2CC[C@@]2(C)C1CC[C@@H]2[C@H](C)CCC(=O)O)[C@H]1CCC2C3C(CC[C@@]21C)[C@@]1(C)CC[C@@H](O)CC1C[C@H]3O. The van der Waals surface area contributed by atoms with Crippen LogP contribution >= 0.6 is 0 Å². The fraction of sp³-hybridized carbons (Fsp3) is 0.958. The van der Waals surface area contributed by atoms with Gasteiger partial charge in [-0.1, -0.05) is 41.5 Å². The molecule has 0 radical (unpaired) electrons. The largest absolute Gasteiger partial charge is 0.481 e. The van der Waals surface area contributed by atoms with Crippen LogP contribution in [0.3, 0.4) is 0 Å². The van der Waals surface area contributed by atoms with Crippen LogP contribution in [0.25, 0.3) is 0 Å². The molecule has 312 valence electrons. The summed E-state index contributed by atoms with van der Waals surface area (Å²) in [5, 5.41) is 43.3. The standard InChI is InChI=1S/C48H78O7/c1-27(7-13-41(52)53)33-9-11-36-44-38(18-22-47(33,36)5)46(4)20-16-32(24-30(46)26-40(44)51)55-42(54)14-8-28(2)34-10-12-35-43-37(17-21-48(34,35)6)45(3)19-15-31(49)23-29(45)25-39(43)50/h27-40,43-44,49-51H,7-26H2,1-6H3,(H,52,53)/t27-,28-,29?,30?,31-,32-,33-,34-,35?,36?,37?,38?,39-,40-,43?,44?,45+,46+,47-,48-/m1/s1. The minimum atomic E-state index is -0.696. The predicted molar refractivity (Wildman–Crippen MR) is 214 cm³/mol. The number of aliphatic hydroxyl groups excluding tert-OH is 3. The van der Waals surface area contributed by atoms with Gasteiger partial charge in [0.1, 0.15) is 6.10 Å². The molecule has 0 aromatic carbocycles. The Labute approximate surface area is 332 Å². The van der Waals surface area contributed by atoms with E-state index in [1.807, 2.05) is 0 Å². The van der Waals surface area contributed by atoms with E-state index in [9.17, 15) is 30.0 Å². The van der Waals surface area contributed by atoms with Crippen molar-refractivity contribution in [2.24, 2.45) is 92.7 Å². The van der Waals surface area contributed by atoms with E-state index in [0.29, 0.717) is 77.4 Å². The van der Waals surface area contributed by atoms with Gasteiger partial charge in [0.25, 0.3) is 0 Å². The number of carboxylic acid groups (broad SMARTS) is 1. The first-order valence-electron chi connectivity index (χ1n) is 23.4. The van der Waals surface area contributed by atoms with Crippen LogP contribution in [0.1, 0.15) is 170 Å². The Hall–Kier alpha value is -1.18. The van der Waals surface area contributed by atoms with E-state index in [-0.39, 0.29) is 58.5 Å². The Bertz CT molecular complexity index is 1430. The molecule has 8 aliphatic rings. The number of rotatable bonds is 9. The third-order valence-electron chi connectivity index (χ3n) is 20.7. The van der Waals surface area contributed by atoms with E-state index in [1.54, 1.807) is 0 Å². The zero-order valence-corrected chi connectivity index (χ0v) is 35.4. The normalized spacial score (nSPS) is 52.7. The molecule has 0 aromatic rings. The second-order valence-corrected chi connectivity index (χ2v) is 22.8. The quantitative estimate of drug-likeness (QED) is 0.173. The average Bonchev–Trinajstić information content (AvgIpc) is 3.67. The first-order valence-corrected chi connectivity index (χ1v) is 23.4. The molecule has 0 bridgehead atoms. The van der Waals surface area contributed by atoms with Crippen molar-refractivity contribution in [2.75, 3.05) is 0 Å². The molecule has 8 aliphatic carbocycles. The lowest BCUT2D eigenvalue weighted by Crippen LogP contribution is -2.58. The van der Waals surface area contributed by atoms with Gasteiger partial charge in [0.15, 0.2) is 0 Å². The van der Waals surface area contributed by atoms with E-state index in [0.717, 1.165) is 83.5 Å². The maximum Gasteiger partial charge on any atom is 0.306 e. The third-order valence-corrected chi connectivity index (χ3v) is 20.7. The number of carbonyl (C=O) groups is 2. The lowest BCUT2D eigenvalue weighted by atomic mass is 9.43. The molecule has 0 aromatic heterocycles. The smallest absolute Gasteiger partial charge is 0.306 e. The number of fused-ring (bicyclic) bond motifs is 10. The highest BCUT2D eigenvalue weighted by Crippen LogP contribution is 2.70. The Morgan fingerprint density at radius 1 is 0.582 bits per heavy atom. The monoisotopic (exact) mass is 767 g/mol. The van der Waals surface area contributed by atoms with Gasteiger partial charge in [-0.25, -0.2) is 0 Å². The fourth-order valence-corrected chi connectivity index (χ4v) is 17.8. The summed E-state index contributed by atoms with van der Waals surface area (Å²) < 4.78 is 6.31. The van der Waals surface area contributed by atoms with Gasteiger partial charge in [0.05, 0.1) is 18.3 Å². The van der Waals surface area contributed by atoms with Gasteiger partial charge in [-0.05, 0) is 208 Å². The van der Waals surface area contributed by atoms with Crippen LogP contribution in [-0.2, 0) is 14.3 Å². The molecule has 7 heteroatoms. The molecule has 0 saturated heterocycles.